The van der Waals surface area contributed by atoms with E-state index in [1.807, 2.05) is 4.90 Å². The Morgan fingerprint density at radius 3 is 2.68 bits per heavy atom. The fourth-order valence-corrected chi connectivity index (χ4v) is 4.25. The van der Waals surface area contributed by atoms with Crippen LogP contribution in [0.5, 0.6) is 0 Å². The van der Waals surface area contributed by atoms with Crippen LogP contribution in [0.4, 0.5) is 5.69 Å². The minimum absolute atomic E-state index is 0.141. The van der Waals surface area contributed by atoms with Crippen LogP contribution in [0.25, 0.3) is 0 Å². The van der Waals surface area contributed by atoms with Gasteiger partial charge in [0.1, 0.15) is 0 Å². The summed E-state index contributed by atoms with van der Waals surface area (Å²) >= 11 is 0. The van der Waals surface area contributed by atoms with Gasteiger partial charge in [-0.2, -0.15) is 0 Å². The lowest BCUT2D eigenvalue weighted by Gasteiger charge is -2.35. The molecular formula is C15H20N2O4S. The second-order valence-corrected chi connectivity index (χ2v) is 7.40. The molecule has 120 valence electrons. The Kier molecular flexibility index (Phi) is 4.20. The lowest BCUT2D eigenvalue weighted by atomic mass is 9.92. The predicted molar refractivity (Wildman–Crippen MR) is 82.5 cm³/mol. The summed E-state index contributed by atoms with van der Waals surface area (Å²) in [6, 6.07) is 3.41. The summed E-state index contributed by atoms with van der Waals surface area (Å²) in [6.45, 7) is 1.31. The minimum atomic E-state index is -3.54. The number of ether oxygens (including phenoxy) is 1. The number of methoxy groups -OCH3 is 1. The van der Waals surface area contributed by atoms with Gasteiger partial charge >= 0.3 is 0 Å². The highest BCUT2D eigenvalue weighted by molar-refractivity contribution is 7.89. The number of hydrogen-bond acceptors (Lipinski definition) is 4. The number of hydrogen-bond donors (Lipinski definition) is 1. The van der Waals surface area contributed by atoms with Crippen molar-refractivity contribution in [3.63, 3.8) is 0 Å². The molecule has 2 aliphatic heterocycles. The molecule has 1 amide bonds. The molecule has 0 fully saturated rings. The van der Waals surface area contributed by atoms with Crippen molar-refractivity contribution in [1.29, 1.82) is 0 Å². The van der Waals surface area contributed by atoms with Crippen molar-refractivity contribution in [2.45, 2.75) is 30.6 Å². The number of carbonyl (C=O) groups excluding carboxylic acids is 1. The number of rotatable bonds is 5. The number of sulfonamides is 1. The van der Waals surface area contributed by atoms with E-state index in [0.29, 0.717) is 19.4 Å². The van der Waals surface area contributed by atoms with Crippen molar-refractivity contribution in [1.82, 2.24) is 4.72 Å². The van der Waals surface area contributed by atoms with E-state index in [0.717, 1.165) is 36.2 Å². The van der Waals surface area contributed by atoms with Crippen molar-refractivity contribution in [3.05, 3.63) is 23.3 Å². The molecule has 0 aliphatic carbocycles. The lowest BCUT2D eigenvalue weighted by Crippen LogP contribution is -2.39. The molecule has 2 aliphatic rings. The molecule has 22 heavy (non-hydrogen) atoms. The monoisotopic (exact) mass is 324 g/mol. The van der Waals surface area contributed by atoms with Crippen LogP contribution >= 0.6 is 0 Å². The third-order valence-electron chi connectivity index (χ3n) is 4.16. The first kappa shape index (κ1) is 15.5. The standard InChI is InChI=1S/C15H20N2O4S/c1-21-8-6-16-22(19,20)13-9-11-3-2-7-17-14(18)5-4-12(10-13)15(11)17/h9-10,16H,2-8H2,1H3. The van der Waals surface area contributed by atoms with Gasteiger partial charge in [-0.3, -0.25) is 4.79 Å². The molecule has 0 saturated carbocycles. The Labute approximate surface area is 130 Å². The molecule has 6 nitrogen and oxygen atoms in total. The van der Waals surface area contributed by atoms with E-state index in [1.165, 1.54) is 7.11 Å². The summed E-state index contributed by atoms with van der Waals surface area (Å²) in [5, 5.41) is 0. The molecule has 1 aromatic rings. The number of nitrogens with one attached hydrogen (secondary N) is 1. The Hall–Kier alpha value is -1.44. The normalized spacial score (nSPS) is 17.5. The van der Waals surface area contributed by atoms with Crippen molar-refractivity contribution in [2.75, 3.05) is 31.7 Å². The first-order chi connectivity index (χ1) is 10.5. The van der Waals surface area contributed by atoms with Crippen LogP contribution in [0, 0.1) is 0 Å². The minimum Gasteiger partial charge on any atom is -0.383 e. The van der Waals surface area contributed by atoms with Gasteiger partial charge in [-0.15, -0.1) is 0 Å². The van der Waals surface area contributed by atoms with Gasteiger partial charge in [-0.05, 0) is 42.5 Å². The molecule has 0 unspecified atom stereocenters. The molecular weight excluding hydrogens is 304 g/mol. The van der Waals surface area contributed by atoms with E-state index in [9.17, 15) is 13.2 Å². The van der Waals surface area contributed by atoms with Gasteiger partial charge in [-0.1, -0.05) is 0 Å². The van der Waals surface area contributed by atoms with E-state index < -0.39 is 10.0 Å². The van der Waals surface area contributed by atoms with E-state index in [2.05, 4.69) is 4.72 Å². The molecule has 0 spiro atoms. The summed E-state index contributed by atoms with van der Waals surface area (Å²) < 4.78 is 32.2. The fraction of sp³-hybridized carbons (Fsp3) is 0.533. The van der Waals surface area contributed by atoms with Gasteiger partial charge in [0.15, 0.2) is 0 Å². The Balaban J connectivity index is 1.97. The zero-order valence-corrected chi connectivity index (χ0v) is 13.4. The third kappa shape index (κ3) is 2.76. The number of amides is 1. The third-order valence-corrected chi connectivity index (χ3v) is 5.60. The van der Waals surface area contributed by atoms with Crippen LogP contribution in [0.1, 0.15) is 24.0 Å². The predicted octanol–water partition coefficient (Wildman–Crippen LogP) is 0.837. The van der Waals surface area contributed by atoms with Crippen molar-refractivity contribution < 1.29 is 17.9 Å². The van der Waals surface area contributed by atoms with Crippen molar-refractivity contribution >= 4 is 21.6 Å². The quantitative estimate of drug-likeness (QED) is 0.814. The van der Waals surface area contributed by atoms with Crippen LogP contribution in [0.15, 0.2) is 17.0 Å². The second-order valence-electron chi connectivity index (χ2n) is 5.63. The highest BCUT2D eigenvalue weighted by atomic mass is 32.2. The molecule has 3 rings (SSSR count). The number of aryl methyl sites for hydroxylation is 2. The maximum absolute atomic E-state index is 12.4. The van der Waals surface area contributed by atoms with Crippen LogP contribution < -0.4 is 9.62 Å². The largest absolute Gasteiger partial charge is 0.383 e. The lowest BCUT2D eigenvalue weighted by molar-refractivity contribution is -0.119. The Morgan fingerprint density at radius 2 is 1.95 bits per heavy atom. The van der Waals surface area contributed by atoms with E-state index >= 15 is 0 Å². The number of anilines is 1. The molecule has 1 N–H and O–H groups in total. The van der Waals surface area contributed by atoms with E-state index in [4.69, 9.17) is 4.74 Å². The number of nitrogens with zero attached hydrogens (tertiary/aromatic N) is 1. The molecule has 1 aromatic carbocycles. The zero-order valence-electron chi connectivity index (χ0n) is 12.6. The van der Waals surface area contributed by atoms with Crippen molar-refractivity contribution in [3.8, 4) is 0 Å². The average Bonchev–Trinajstić information content (AvgIpc) is 2.51. The molecule has 0 radical (unpaired) electrons. The first-order valence-corrected chi connectivity index (χ1v) is 8.96. The highest BCUT2D eigenvalue weighted by Gasteiger charge is 2.31. The molecule has 0 saturated heterocycles. The Morgan fingerprint density at radius 1 is 1.23 bits per heavy atom. The SMILES string of the molecule is COCCNS(=O)(=O)c1cc2c3c(c1)CCC(=O)N3CCC2. The first-order valence-electron chi connectivity index (χ1n) is 7.47. The smallest absolute Gasteiger partial charge is 0.240 e. The van der Waals surface area contributed by atoms with Gasteiger partial charge in [0, 0.05) is 26.6 Å². The molecule has 7 heteroatoms. The van der Waals surface area contributed by atoms with Gasteiger partial charge in [0.2, 0.25) is 15.9 Å². The van der Waals surface area contributed by atoms with Gasteiger partial charge in [0.05, 0.1) is 17.2 Å². The Bertz CT molecular complexity index is 682. The summed E-state index contributed by atoms with van der Waals surface area (Å²) in [4.78, 5) is 14.1. The van der Waals surface area contributed by atoms with Crippen LogP contribution in [0.2, 0.25) is 0 Å². The maximum atomic E-state index is 12.4. The van der Waals surface area contributed by atoms with Crippen LogP contribution in [-0.4, -0.2) is 41.1 Å². The number of benzene rings is 1. The zero-order chi connectivity index (χ0) is 15.7. The van der Waals surface area contributed by atoms with Crippen LogP contribution in [-0.2, 0) is 32.4 Å². The molecule has 0 bridgehead atoms. The summed E-state index contributed by atoms with van der Waals surface area (Å²) in [7, 11) is -2.01. The molecule has 2 heterocycles. The van der Waals surface area contributed by atoms with Gasteiger partial charge < -0.3 is 9.64 Å². The summed E-state index contributed by atoms with van der Waals surface area (Å²) in [5.74, 6) is 0.141. The summed E-state index contributed by atoms with van der Waals surface area (Å²) in [6.07, 6.45) is 2.75. The summed E-state index contributed by atoms with van der Waals surface area (Å²) in [5.41, 5.74) is 2.87. The molecule has 0 atom stereocenters. The average molecular weight is 324 g/mol. The van der Waals surface area contributed by atoms with Crippen molar-refractivity contribution in [2.24, 2.45) is 0 Å². The van der Waals surface area contributed by atoms with E-state index in [1.54, 1.807) is 12.1 Å². The fourth-order valence-electron chi connectivity index (χ4n) is 3.14. The topological polar surface area (TPSA) is 75.7 Å². The second kappa shape index (κ2) is 5.98. The number of carbonyl (C=O) groups is 1. The van der Waals surface area contributed by atoms with Gasteiger partial charge in [0.25, 0.3) is 0 Å². The highest BCUT2D eigenvalue weighted by Crippen LogP contribution is 2.37. The molecule has 0 aromatic heterocycles. The van der Waals surface area contributed by atoms with Crippen LogP contribution in [0.3, 0.4) is 0 Å². The van der Waals surface area contributed by atoms with E-state index in [-0.39, 0.29) is 17.3 Å². The van der Waals surface area contributed by atoms with Gasteiger partial charge in [-0.25, -0.2) is 13.1 Å². The maximum Gasteiger partial charge on any atom is 0.240 e.